The molecule has 4 nitrogen and oxygen atoms in total. The number of carboxylic acids is 1. The molecule has 0 heterocycles. The van der Waals surface area contributed by atoms with E-state index in [9.17, 15) is 4.79 Å². The Labute approximate surface area is 113 Å². The molecule has 0 unspecified atom stereocenters. The predicted molar refractivity (Wildman–Crippen MR) is 73.3 cm³/mol. The molecule has 0 aliphatic rings. The van der Waals surface area contributed by atoms with Crippen LogP contribution >= 0.6 is 12.4 Å². The fourth-order valence-corrected chi connectivity index (χ4v) is 1.64. The minimum atomic E-state index is -0.886. The standard InChI is InChI=1S/C13H19NO3.ClH/c15-9-5-1-4-8-14-10-11-6-2-3-7-12(11)13(16)17;/h2-3,6-7,14-15H,1,4-5,8-10H2,(H,16,17);1H. The molecule has 0 saturated carbocycles. The lowest BCUT2D eigenvalue weighted by atomic mass is 10.1. The second-order valence-corrected chi connectivity index (χ2v) is 3.92. The van der Waals surface area contributed by atoms with Crippen molar-refractivity contribution in [3.05, 3.63) is 35.4 Å². The first-order valence-electron chi connectivity index (χ1n) is 5.88. The number of rotatable bonds is 8. The topological polar surface area (TPSA) is 69.6 Å². The summed E-state index contributed by atoms with van der Waals surface area (Å²) >= 11 is 0. The van der Waals surface area contributed by atoms with E-state index in [1.807, 2.05) is 12.1 Å². The number of carboxylic acid groups (broad SMARTS) is 1. The summed E-state index contributed by atoms with van der Waals surface area (Å²) in [4.78, 5) is 10.9. The highest BCUT2D eigenvalue weighted by Crippen LogP contribution is 2.08. The molecule has 1 rings (SSSR count). The van der Waals surface area contributed by atoms with Gasteiger partial charge in [-0.2, -0.15) is 0 Å². The lowest BCUT2D eigenvalue weighted by Crippen LogP contribution is -2.17. The molecule has 0 saturated heterocycles. The highest BCUT2D eigenvalue weighted by Gasteiger charge is 2.07. The minimum Gasteiger partial charge on any atom is -0.478 e. The first-order valence-corrected chi connectivity index (χ1v) is 5.88. The van der Waals surface area contributed by atoms with Crippen molar-refractivity contribution >= 4 is 18.4 Å². The Hall–Kier alpha value is -1.10. The second-order valence-electron chi connectivity index (χ2n) is 3.92. The molecule has 18 heavy (non-hydrogen) atoms. The Morgan fingerprint density at radius 1 is 1.17 bits per heavy atom. The summed E-state index contributed by atoms with van der Waals surface area (Å²) in [6.45, 7) is 1.65. The van der Waals surface area contributed by atoms with Gasteiger partial charge in [-0.3, -0.25) is 0 Å². The van der Waals surface area contributed by atoms with Gasteiger partial charge in [-0.1, -0.05) is 18.2 Å². The van der Waals surface area contributed by atoms with E-state index in [2.05, 4.69) is 5.32 Å². The normalized spacial score (nSPS) is 9.83. The van der Waals surface area contributed by atoms with Gasteiger partial charge < -0.3 is 15.5 Å². The third kappa shape index (κ3) is 6.00. The van der Waals surface area contributed by atoms with E-state index in [0.29, 0.717) is 12.1 Å². The van der Waals surface area contributed by atoms with Gasteiger partial charge in [0.25, 0.3) is 0 Å². The number of aromatic carboxylic acids is 1. The average molecular weight is 274 g/mol. The van der Waals surface area contributed by atoms with Crippen LogP contribution in [0.3, 0.4) is 0 Å². The van der Waals surface area contributed by atoms with E-state index >= 15 is 0 Å². The number of nitrogens with one attached hydrogen (secondary N) is 1. The van der Waals surface area contributed by atoms with Crippen molar-refractivity contribution in [2.45, 2.75) is 25.8 Å². The summed E-state index contributed by atoms with van der Waals surface area (Å²) in [6.07, 6.45) is 2.81. The van der Waals surface area contributed by atoms with Crippen LogP contribution in [0.25, 0.3) is 0 Å². The van der Waals surface area contributed by atoms with E-state index in [1.165, 1.54) is 0 Å². The summed E-state index contributed by atoms with van der Waals surface area (Å²) < 4.78 is 0. The Kier molecular flexibility index (Phi) is 9.28. The van der Waals surface area contributed by atoms with Crippen molar-refractivity contribution < 1.29 is 15.0 Å². The van der Waals surface area contributed by atoms with Crippen LogP contribution in [-0.2, 0) is 6.54 Å². The van der Waals surface area contributed by atoms with Crippen molar-refractivity contribution in [1.29, 1.82) is 0 Å². The number of aliphatic hydroxyl groups excluding tert-OH is 1. The van der Waals surface area contributed by atoms with Gasteiger partial charge in [0.1, 0.15) is 0 Å². The molecule has 0 aromatic heterocycles. The van der Waals surface area contributed by atoms with Crippen LogP contribution in [0.4, 0.5) is 0 Å². The van der Waals surface area contributed by atoms with E-state index in [0.717, 1.165) is 31.4 Å². The van der Waals surface area contributed by atoms with Crippen LogP contribution in [0.5, 0.6) is 0 Å². The number of benzene rings is 1. The number of aliphatic hydroxyl groups is 1. The number of unbranched alkanes of at least 4 members (excludes halogenated alkanes) is 2. The first-order chi connectivity index (χ1) is 8.25. The monoisotopic (exact) mass is 273 g/mol. The summed E-state index contributed by atoms with van der Waals surface area (Å²) in [6, 6.07) is 7.01. The van der Waals surface area contributed by atoms with Gasteiger partial charge in [-0.05, 0) is 37.4 Å². The number of hydrogen-bond acceptors (Lipinski definition) is 3. The lowest BCUT2D eigenvalue weighted by Gasteiger charge is -2.07. The summed E-state index contributed by atoms with van der Waals surface area (Å²) in [5.41, 5.74) is 1.16. The largest absolute Gasteiger partial charge is 0.478 e. The van der Waals surface area contributed by atoms with Crippen LogP contribution in [0.2, 0.25) is 0 Å². The van der Waals surface area contributed by atoms with E-state index in [-0.39, 0.29) is 19.0 Å². The first kappa shape index (κ1) is 16.9. The third-order valence-corrected chi connectivity index (χ3v) is 2.57. The zero-order chi connectivity index (χ0) is 12.5. The maximum atomic E-state index is 10.9. The number of carbonyl (C=O) groups is 1. The van der Waals surface area contributed by atoms with Crippen molar-refractivity contribution in [2.75, 3.05) is 13.2 Å². The van der Waals surface area contributed by atoms with Crippen LogP contribution in [-0.4, -0.2) is 29.3 Å². The van der Waals surface area contributed by atoms with Gasteiger partial charge >= 0.3 is 5.97 Å². The average Bonchev–Trinajstić information content (AvgIpc) is 2.34. The molecule has 0 radical (unpaired) electrons. The smallest absolute Gasteiger partial charge is 0.336 e. The van der Waals surface area contributed by atoms with Crippen LogP contribution in [0.15, 0.2) is 24.3 Å². The SMILES string of the molecule is Cl.O=C(O)c1ccccc1CNCCCCCO. The Morgan fingerprint density at radius 2 is 1.89 bits per heavy atom. The molecular formula is C13H20ClNO3. The van der Waals surface area contributed by atoms with Gasteiger partial charge in [0, 0.05) is 13.2 Å². The maximum absolute atomic E-state index is 10.9. The molecule has 102 valence electrons. The van der Waals surface area contributed by atoms with Gasteiger partial charge in [-0.15, -0.1) is 12.4 Å². The second kappa shape index (κ2) is 9.88. The molecule has 0 spiro atoms. The van der Waals surface area contributed by atoms with Gasteiger partial charge in [0.05, 0.1) is 5.56 Å². The summed E-state index contributed by atoms with van der Waals surface area (Å²) in [7, 11) is 0. The van der Waals surface area contributed by atoms with Crippen molar-refractivity contribution in [3.63, 3.8) is 0 Å². The highest BCUT2D eigenvalue weighted by molar-refractivity contribution is 5.89. The molecule has 0 aliphatic carbocycles. The molecule has 1 aromatic carbocycles. The van der Waals surface area contributed by atoms with E-state index in [4.69, 9.17) is 10.2 Å². The van der Waals surface area contributed by atoms with Gasteiger partial charge in [0.2, 0.25) is 0 Å². The number of hydrogen-bond donors (Lipinski definition) is 3. The number of halogens is 1. The molecule has 0 atom stereocenters. The molecule has 5 heteroatoms. The van der Waals surface area contributed by atoms with Crippen LogP contribution in [0, 0.1) is 0 Å². The molecule has 0 amide bonds. The molecular weight excluding hydrogens is 254 g/mol. The Balaban J connectivity index is 0.00000289. The fourth-order valence-electron chi connectivity index (χ4n) is 1.64. The zero-order valence-corrected chi connectivity index (χ0v) is 11.1. The van der Waals surface area contributed by atoms with Crippen LogP contribution < -0.4 is 5.32 Å². The van der Waals surface area contributed by atoms with Gasteiger partial charge in [0.15, 0.2) is 0 Å². The van der Waals surface area contributed by atoms with Crippen LogP contribution in [0.1, 0.15) is 35.2 Å². The molecule has 0 aliphatic heterocycles. The third-order valence-electron chi connectivity index (χ3n) is 2.57. The van der Waals surface area contributed by atoms with Crippen molar-refractivity contribution in [2.24, 2.45) is 0 Å². The fraction of sp³-hybridized carbons (Fsp3) is 0.462. The summed E-state index contributed by atoms with van der Waals surface area (Å²) in [5, 5.41) is 20.8. The lowest BCUT2D eigenvalue weighted by molar-refractivity contribution is 0.0695. The van der Waals surface area contributed by atoms with E-state index in [1.54, 1.807) is 12.1 Å². The quantitative estimate of drug-likeness (QED) is 0.634. The van der Waals surface area contributed by atoms with Crippen molar-refractivity contribution in [3.8, 4) is 0 Å². The Morgan fingerprint density at radius 3 is 2.56 bits per heavy atom. The summed E-state index contributed by atoms with van der Waals surface area (Å²) in [5.74, 6) is -0.886. The molecule has 3 N–H and O–H groups in total. The molecule has 1 aromatic rings. The molecule has 0 bridgehead atoms. The molecule has 0 fully saturated rings. The van der Waals surface area contributed by atoms with Gasteiger partial charge in [-0.25, -0.2) is 4.79 Å². The Bertz CT molecular complexity index is 358. The van der Waals surface area contributed by atoms with E-state index < -0.39 is 5.97 Å². The highest BCUT2D eigenvalue weighted by atomic mass is 35.5. The van der Waals surface area contributed by atoms with Crippen molar-refractivity contribution in [1.82, 2.24) is 5.32 Å². The maximum Gasteiger partial charge on any atom is 0.336 e. The minimum absolute atomic E-state index is 0. The predicted octanol–water partition coefficient (Wildman–Crippen LogP) is 2.06. The zero-order valence-electron chi connectivity index (χ0n) is 10.3.